The summed E-state index contributed by atoms with van der Waals surface area (Å²) >= 11 is 10.3. The Hall–Kier alpha value is -2.10. The fourth-order valence-electron chi connectivity index (χ4n) is 5.56. The first-order valence-electron chi connectivity index (χ1n) is 13.1. The molecule has 6 N–H and O–H groups in total. The lowest BCUT2D eigenvalue weighted by atomic mass is 10.1. The SMILES string of the molecule is NC1=NC=NC2C1N=CN2C1OC2COP([O-])(=S)OC3C(COP(=O)([S-])OC1C2O)OC(n1cnc2c(N)ccnc21)C3O. The molecule has 2 aromatic rings. The monoisotopic (exact) mass is 689 g/mol. The van der Waals surface area contributed by atoms with Gasteiger partial charge in [-0.15, -0.1) is 0 Å². The molecule has 7 rings (SSSR count). The summed E-state index contributed by atoms with van der Waals surface area (Å²) in [6, 6.07) is 0.925. The van der Waals surface area contributed by atoms with Crippen LogP contribution in [0.15, 0.2) is 33.6 Å². The Balaban J connectivity index is 1.16. The van der Waals surface area contributed by atoms with Gasteiger partial charge in [0.15, 0.2) is 24.3 Å². The lowest BCUT2D eigenvalue weighted by Gasteiger charge is -2.37. The van der Waals surface area contributed by atoms with Crippen LogP contribution < -0.4 is 16.4 Å². The van der Waals surface area contributed by atoms with E-state index in [1.54, 1.807) is 6.07 Å². The highest BCUT2D eigenvalue weighted by Crippen LogP contribution is 2.53. The third-order valence-corrected chi connectivity index (χ3v) is 10.7. The Kier molecular flexibility index (Phi) is 7.85. The van der Waals surface area contributed by atoms with E-state index in [1.165, 1.54) is 34.7 Å². The molecule has 3 saturated heterocycles. The zero-order valence-electron chi connectivity index (χ0n) is 22.2. The Morgan fingerprint density at radius 3 is 2.64 bits per heavy atom. The van der Waals surface area contributed by atoms with Crippen molar-refractivity contribution in [3.63, 3.8) is 0 Å². The highest BCUT2D eigenvalue weighted by molar-refractivity contribution is 8.32. The number of aliphatic hydroxyl groups is 2. The van der Waals surface area contributed by atoms with Crippen LogP contribution in [0.1, 0.15) is 6.23 Å². The summed E-state index contributed by atoms with van der Waals surface area (Å²) in [4.78, 5) is 35.9. The molecule has 3 fully saturated rings. The van der Waals surface area contributed by atoms with Crippen molar-refractivity contribution in [2.45, 2.75) is 61.3 Å². The Morgan fingerprint density at radius 1 is 1.05 bits per heavy atom. The van der Waals surface area contributed by atoms with Crippen molar-refractivity contribution in [2.75, 3.05) is 18.9 Å². The van der Waals surface area contributed by atoms with Crippen LogP contribution in [0.2, 0.25) is 0 Å². The molecular weight excluding hydrogens is 664 g/mol. The average Bonchev–Trinajstić information content (AvgIpc) is 3.73. The van der Waals surface area contributed by atoms with Crippen LogP contribution in [0.4, 0.5) is 5.69 Å². The Labute approximate surface area is 258 Å². The fourth-order valence-corrected chi connectivity index (χ4v) is 8.38. The minimum Gasteiger partial charge on any atom is -0.780 e. The molecule has 23 heteroatoms. The standard InChI is InChI=1S/C21H27N9O10P2S2/c22-8-1-2-24-18-11(8)27-6-29(18)20-14(32)15-10(38-20)4-36-42(34,44)40-16-13(31)9(3-35-41(33,43)39-15)37-21(16)30-7-28-12-17(23)25-5-26-19(12)30/h1-2,5-7,9-10,12-16,19-21,31-32H,3-4H2,(H2,22,24)(H,33,43)(H,34,44)(H2,23,25,26)/p-2. The topological polar surface area (TPSA) is 259 Å². The number of nitrogen functional groups attached to an aromatic ring is 1. The highest BCUT2D eigenvalue weighted by Gasteiger charge is 2.53. The largest absolute Gasteiger partial charge is 0.780 e. The molecule has 2 bridgehead atoms. The van der Waals surface area contributed by atoms with Gasteiger partial charge in [0.25, 0.3) is 0 Å². The van der Waals surface area contributed by atoms with E-state index in [0.29, 0.717) is 11.2 Å². The molecular formula is C21H25N9O10P2S2-2. The highest BCUT2D eigenvalue weighted by atomic mass is 32.7. The van der Waals surface area contributed by atoms with Crippen molar-refractivity contribution < 1.29 is 47.2 Å². The van der Waals surface area contributed by atoms with Crippen LogP contribution >= 0.6 is 13.5 Å². The van der Waals surface area contributed by atoms with Gasteiger partial charge in [-0.25, -0.2) is 20.0 Å². The number of nitrogens with zero attached hydrogens (tertiary/aromatic N) is 7. The van der Waals surface area contributed by atoms with E-state index in [4.69, 9.17) is 63.1 Å². The first kappa shape index (κ1) is 30.5. The van der Waals surface area contributed by atoms with E-state index in [2.05, 4.69) is 24.9 Å². The van der Waals surface area contributed by atoms with Crippen molar-refractivity contribution in [3.8, 4) is 0 Å². The van der Waals surface area contributed by atoms with Gasteiger partial charge in [-0.05, 0) is 6.07 Å². The first-order valence-corrected chi connectivity index (χ1v) is 18.2. The number of aliphatic imine (C=N–C) groups is 3. The van der Waals surface area contributed by atoms with Gasteiger partial charge < -0.3 is 71.3 Å². The molecule has 0 amide bonds. The molecule has 0 saturated carbocycles. The van der Waals surface area contributed by atoms with Gasteiger partial charge >= 0.3 is 0 Å². The van der Waals surface area contributed by atoms with Crippen molar-refractivity contribution in [1.29, 1.82) is 0 Å². The van der Waals surface area contributed by atoms with Crippen LogP contribution in [-0.4, -0.2) is 116 Å². The zero-order chi connectivity index (χ0) is 31.0. The number of ether oxygens (including phenoxy) is 2. The molecule has 0 radical (unpaired) electrons. The summed E-state index contributed by atoms with van der Waals surface area (Å²) in [5.41, 5.74) is 12.9. The van der Waals surface area contributed by atoms with Gasteiger partial charge in [0.2, 0.25) is 6.80 Å². The van der Waals surface area contributed by atoms with E-state index >= 15 is 0 Å². The van der Waals surface area contributed by atoms with Crippen molar-refractivity contribution in [3.05, 3.63) is 18.6 Å². The van der Waals surface area contributed by atoms with Crippen LogP contribution in [0.3, 0.4) is 0 Å². The average molecular weight is 690 g/mol. The fraction of sp³-hybridized carbons (Fsp3) is 0.571. The number of aromatic nitrogens is 3. The van der Waals surface area contributed by atoms with Crippen molar-refractivity contribution in [2.24, 2.45) is 20.7 Å². The molecule has 5 aliphatic heterocycles. The third kappa shape index (κ3) is 5.38. The summed E-state index contributed by atoms with van der Waals surface area (Å²) < 4.78 is 49.1. The van der Waals surface area contributed by atoms with E-state index < -0.39 is 88.0 Å². The van der Waals surface area contributed by atoms with Gasteiger partial charge in [0.1, 0.15) is 67.1 Å². The van der Waals surface area contributed by atoms with Gasteiger partial charge in [0, 0.05) is 6.20 Å². The number of rotatable bonds is 2. The van der Waals surface area contributed by atoms with E-state index in [1.807, 2.05) is 0 Å². The molecule has 12 atom stereocenters. The van der Waals surface area contributed by atoms with Gasteiger partial charge in [-0.2, -0.15) is 0 Å². The second-order valence-electron chi connectivity index (χ2n) is 10.4. The van der Waals surface area contributed by atoms with Crippen LogP contribution in [-0.2, 0) is 56.2 Å². The summed E-state index contributed by atoms with van der Waals surface area (Å²) in [7, 11) is 0. The lowest BCUT2D eigenvalue weighted by molar-refractivity contribution is -0.218. The minimum atomic E-state index is -4.40. The smallest absolute Gasteiger partial charge is 0.200 e. The molecule has 0 aliphatic carbocycles. The third-order valence-electron chi connectivity index (χ3n) is 7.66. The normalized spacial score (nSPS) is 44.1. The maximum atomic E-state index is 13.5. The Morgan fingerprint density at radius 2 is 1.82 bits per heavy atom. The predicted octanol–water partition coefficient (Wildman–Crippen LogP) is -2.15. The number of imidazole rings is 1. The van der Waals surface area contributed by atoms with Crippen molar-refractivity contribution in [1.82, 2.24) is 19.4 Å². The number of pyridine rings is 1. The molecule has 12 unspecified atom stereocenters. The molecule has 0 aromatic carbocycles. The molecule has 19 nitrogen and oxygen atoms in total. The van der Waals surface area contributed by atoms with Gasteiger partial charge in [0.05, 0.1) is 31.6 Å². The van der Waals surface area contributed by atoms with Gasteiger partial charge in [-0.1, -0.05) is 11.8 Å². The first-order chi connectivity index (χ1) is 20.9. The molecule has 0 spiro atoms. The van der Waals surface area contributed by atoms with E-state index in [9.17, 15) is 19.7 Å². The van der Waals surface area contributed by atoms with Crippen molar-refractivity contribution >= 4 is 72.9 Å². The zero-order valence-corrected chi connectivity index (χ0v) is 25.7. The maximum Gasteiger partial charge on any atom is 0.200 e. The predicted molar refractivity (Wildman–Crippen MR) is 155 cm³/mol. The summed E-state index contributed by atoms with van der Waals surface area (Å²) in [5.74, 6) is 0.206. The number of aliphatic hydroxyl groups excluding tert-OH is 2. The van der Waals surface area contributed by atoms with Crippen LogP contribution in [0.5, 0.6) is 0 Å². The molecule has 5 aliphatic rings. The second kappa shape index (κ2) is 11.3. The van der Waals surface area contributed by atoms with E-state index in [0.717, 1.165) is 0 Å². The maximum absolute atomic E-state index is 13.5. The number of amidine groups is 1. The summed E-state index contributed by atoms with van der Waals surface area (Å²) in [6.45, 7) is -9.90. The number of hydrogen-bond donors (Lipinski definition) is 4. The minimum absolute atomic E-state index is 0.206. The van der Waals surface area contributed by atoms with E-state index in [-0.39, 0.29) is 11.5 Å². The number of anilines is 1. The molecule has 7 heterocycles. The van der Waals surface area contributed by atoms with Crippen LogP contribution in [0, 0.1) is 0 Å². The van der Waals surface area contributed by atoms with Gasteiger partial charge in [-0.3, -0.25) is 14.1 Å². The summed E-state index contributed by atoms with van der Waals surface area (Å²) in [5, 5.41) is 22.4. The quantitative estimate of drug-likeness (QED) is 0.194. The molecule has 44 heavy (non-hydrogen) atoms. The molecule has 2 aromatic heterocycles. The summed E-state index contributed by atoms with van der Waals surface area (Å²) in [6.07, 6.45) is -5.88. The number of nitrogens with two attached hydrogens (primary N) is 2. The van der Waals surface area contributed by atoms with Crippen LogP contribution in [0.25, 0.3) is 11.2 Å². The number of fused-ring (bicyclic) bond motifs is 5. The second-order valence-corrected chi connectivity index (χ2v) is 15.8. The number of hydrogen-bond acceptors (Lipinski definition) is 20. The Bertz CT molecular complexity index is 1650. The molecule has 238 valence electrons. The lowest BCUT2D eigenvalue weighted by Crippen LogP contribution is -2.51.